The highest BCUT2D eigenvalue weighted by molar-refractivity contribution is 8.00. The Bertz CT molecular complexity index is 1040. The van der Waals surface area contributed by atoms with Gasteiger partial charge in [-0.15, -0.1) is 11.8 Å². The van der Waals surface area contributed by atoms with E-state index >= 15 is 0 Å². The maximum atomic E-state index is 14.3. The molecular weight excluding hydrogens is 547 g/mol. The van der Waals surface area contributed by atoms with E-state index in [4.69, 9.17) is 34.8 Å². The SMILES string of the molecule is O=C(CCC(F)(F)F)CSc1ccc(N2CCC(c3cc(Cl)cc(Cl)c3)(C(F)(F)F)C2)cc1Cl. The summed E-state index contributed by atoms with van der Waals surface area (Å²) in [6, 6.07) is 8.52. The molecule has 0 aliphatic carbocycles. The maximum Gasteiger partial charge on any atom is 0.400 e. The Morgan fingerprint density at radius 3 is 2.21 bits per heavy atom. The third kappa shape index (κ3) is 6.47. The van der Waals surface area contributed by atoms with Crippen LogP contribution in [0.3, 0.4) is 0 Å². The summed E-state index contributed by atoms with van der Waals surface area (Å²) in [6.07, 6.45) is -11.0. The molecule has 0 amide bonds. The zero-order valence-electron chi connectivity index (χ0n) is 17.4. The van der Waals surface area contributed by atoms with Crippen LogP contribution in [0.15, 0.2) is 41.3 Å². The largest absolute Gasteiger partial charge is 0.400 e. The lowest BCUT2D eigenvalue weighted by atomic mass is 9.79. The summed E-state index contributed by atoms with van der Waals surface area (Å²) in [6.45, 7) is -0.270. The first-order chi connectivity index (χ1) is 15.7. The molecule has 2 nitrogen and oxygen atoms in total. The number of Topliss-reactive ketones (excluding diaryl/α,β-unsaturated/α-hetero) is 1. The van der Waals surface area contributed by atoms with Gasteiger partial charge in [-0.2, -0.15) is 26.3 Å². The van der Waals surface area contributed by atoms with E-state index in [2.05, 4.69) is 0 Å². The first kappa shape index (κ1) is 27.3. The molecule has 1 unspecified atom stereocenters. The van der Waals surface area contributed by atoms with Gasteiger partial charge >= 0.3 is 12.4 Å². The Morgan fingerprint density at radius 2 is 1.65 bits per heavy atom. The number of halogens is 9. The molecule has 1 aliphatic rings. The van der Waals surface area contributed by atoms with Gasteiger partial charge in [0, 0.05) is 40.1 Å². The number of nitrogens with zero attached hydrogens (tertiary/aromatic N) is 1. The van der Waals surface area contributed by atoms with Crippen LogP contribution in [0.1, 0.15) is 24.8 Å². The molecule has 34 heavy (non-hydrogen) atoms. The first-order valence-electron chi connectivity index (χ1n) is 9.99. The van der Waals surface area contributed by atoms with Crippen LogP contribution in [-0.4, -0.2) is 37.0 Å². The van der Waals surface area contributed by atoms with Gasteiger partial charge in [0.2, 0.25) is 0 Å². The van der Waals surface area contributed by atoms with Gasteiger partial charge < -0.3 is 4.90 Å². The molecule has 1 saturated heterocycles. The smallest absolute Gasteiger partial charge is 0.370 e. The van der Waals surface area contributed by atoms with Crippen molar-refractivity contribution in [1.82, 2.24) is 0 Å². The minimum atomic E-state index is -4.56. The van der Waals surface area contributed by atoms with E-state index in [9.17, 15) is 31.1 Å². The molecule has 1 atom stereocenters. The van der Waals surface area contributed by atoms with E-state index in [1.807, 2.05) is 0 Å². The minimum Gasteiger partial charge on any atom is -0.370 e. The van der Waals surface area contributed by atoms with Crippen molar-refractivity contribution in [2.45, 2.75) is 41.9 Å². The van der Waals surface area contributed by atoms with E-state index in [-0.39, 0.29) is 45.9 Å². The Balaban J connectivity index is 1.74. The maximum absolute atomic E-state index is 14.3. The molecule has 186 valence electrons. The molecule has 12 heteroatoms. The van der Waals surface area contributed by atoms with Crippen molar-refractivity contribution in [2.24, 2.45) is 0 Å². The van der Waals surface area contributed by atoms with Crippen LogP contribution in [0.4, 0.5) is 32.0 Å². The van der Waals surface area contributed by atoms with E-state index in [1.54, 1.807) is 17.0 Å². The molecular formula is C22H18Cl3F6NOS. The fourth-order valence-corrected chi connectivity index (χ4v) is 5.49. The second-order valence-electron chi connectivity index (χ2n) is 7.97. The number of carbonyl (C=O) groups is 1. The molecule has 0 saturated carbocycles. The van der Waals surface area contributed by atoms with E-state index in [0.717, 1.165) is 11.8 Å². The number of thioether (sulfide) groups is 1. The fraction of sp³-hybridized carbons (Fsp3) is 0.409. The summed E-state index contributed by atoms with van der Waals surface area (Å²) < 4.78 is 79.5. The van der Waals surface area contributed by atoms with Crippen molar-refractivity contribution >= 4 is 58.0 Å². The number of ketones is 1. The van der Waals surface area contributed by atoms with Crippen LogP contribution in [0, 0.1) is 0 Å². The summed E-state index contributed by atoms with van der Waals surface area (Å²) in [7, 11) is 0. The Labute approximate surface area is 211 Å². The Kier molecular flexibility index (Phi) is 8.32. The van der Waals surface area contributed by atoms with Gasteiger partial charge in [0.1, 0.15) is 11.2 Å². The highest BCUT2D eigenvalue weighted by atomic mass is 35.5. The van der Waals surface area contributed by atoms with Crippen LogP contribution in [0.2, 0.25) is 15.1 Å². The minimum absolute atomic E-state index is 0.0179. The number of rotatable bonds is 7. The summed E-state index contributed by atoms with van der Waals surface area (Å²) in [4.78, 5) is 13.7. The average Bonchev–Trinajstić information content (AvgIpc) is 3.17. The van der Waals surface area contributed by atoms with E-state index in [0.29, 0.717) is 10.6 Å². The lowest BCUT2D eigenvalue weighted by Crippen LogP contribution is -2.44. The van der Waals surface area contributed by atoms with Gasteiger partial charge in [-0.1, -0.05) is 34.8 Å². The van der Waals surface area contributed by atoms with Gasteiger partial charge in [0.05, 0.1) is 17.2 Å². The number of anilines is 1. The molecule has 0 N–H and O–H groups in total. The van der Waals surface area contributed by atoms with Crippen molar-refractivity contribution < 1.29 is 31.1 Å². The van der Waals surface area contributed by atoms with Gasteiger partial charge in [-0.05, 0) is 48.4 Å². The lowest BCUT2D eigenvalue weighted by molar-refractivity contribution is -0.184. The van der Waals surface area contributed by atoms with Crippen LogP contribution in [-0.2, 0) is 10.2 Å². The van der Waals surface area contributed by atoms with Crippen molar-refractivity contribution in [3.05, 3.63) is 57.0 Å². The van der Waals surface area contributed by atoms with Crippen molar-refractivity contribution in [2.75, 3.05) is 23.7 Å². The zero-order valence-corrected chi connectivity index (χ0v) is 20.5. The number of hydrogen-bond donors (Lipinski definition) is 0. The average molecular weight is 565 g/mol. The predicted octanol–water partition coefficient (Wildman–Crippen LogP) is 8.36. The number of alkyl halides is 6. The van der Waals surface area contributed by atoms with Crippen LogP contribution >= 0.6 is 46.6 Å². The molecule has 1 heterocycles. The molecule has 2 aromatic rings. The van der Waals surface area contributed by atoms with E-state index < -0.39 is 36.4 Å². The van der Waals surface area contributed by atoms with Crippen LogP contribution in [0.25, 0.3) is 0 Å². The van der Waals surface area contributed by atoms with Gasteiger partial charge in [-0.25, -0.2) is 0 Å². The quantitative estimate of drug-likeness (QED) is 0.249. The highest BCUT2D eigenvalue weighted by Crippen LogP contribution is 2.49. The van der Waals surface area contributed by atoms with Gasteiger partial charge in [0.25, 0.3) is 0 Å². The van der Waals surface area contributed by atoms with Crippen LogP contribution < -0.4 is 4.90 Å². The van der Waals surface area contributed by atoms with Crippen molar-refractivity contribution in [3.63, 3.8) is 0 Å². The summed E-state index contributed by atoms with van der Waals surface area (Å²) in [5, 5.41) is 0.416. The third-order valence-electron chi connectivity index (χ3n) is 5.58. The second kappa shape index (κ2) is 10.4. The monoisotopic (exact) mass is 563 g/mol. The molecule has 0 spiro atoms. The molecule has 1 aliphatic heterocycles. The molecule has 2 aromatic carbocycles. The highest BCUT2D eigenvalue weighted by Gasteiger charge is 2.59. The first-order valence-corrected chi connectivity index (χ1v) is 12.1. The standard InChI is InChI=1S/C22H18Cl3F6NOS/c23-14-7-13(8-15(24)9-14)20(22(29,30)31)5-6-32(12-20)16-1-2-19(18(25)10-16)34-11-17(33)3-4-21(26,27)28/h1-2,7-10H,3-6,11-12H2. The molecule has 0 radical (unpaired) electrons. The number of benzene rings is 2. The summed E-state index contributed by atoms with van der Waals surface area (Å²) in [5.74, 6) is -0.761. The molecule has 3 rings (SSSR count). The second-order valence-corrected chi connectivity index (χ2v) is 10.3. The Hall–Kier alpha value is -1.29. The number of carbonyl (C=O) groups excluding carboxylic acids is 1. The molecule has 1 fully saturated rings. The van der Waals surface area contributed by atoms with Crippen molar-refractivity contribution in [1.29, 1.82) is 0 Å². The Morgan fingerprint density at radius 1 is 1.00 bits per heavy atom. The van der Waals surface area contributed by atoms with Crippen molar-refractivity contribution in [3.8, 4) is 0 Å². The zero-order chi connectivity index (χ0) is 25.3. The summed E-state index contributed by atoms with van der Waals surface area (Å²) in [5.41, 5.74) is -1.74. The predicted molar refractivity (Wildman–Crippen MR) is 123 cm³/mol. The molecule has 0 aromatic heterocycles. The topological polar surface area (TPSA) is 20.3 Å². The number of hydrogen-bond acceptors (Lipinski definition) is 3. The third-order valence-corrected chi connectivity index (χ3v) is 7.58. The van der Waals surface area contributed by atoms with E-state index in [1.165, 1.54) is 24.3 Å². The summed E-state index contributed by atoms with van der Waals surface area (Å²) >= 11 is 19.2. The molecule has 0 bridgehead atoms. The lowest BCUT2D eigenvalue weighted by Gasteiger charge is -2.33. The van der Waals surface area contributed by atoms with Crippen LogP contribution in [0.5, 0.6) is 0 Å². The van der Waals surface area contributed by atoms with Gasteiger partial charge in [0.15, 0.2) is 0 Å². The normalized spacial score (nSPS) is 19.0. The van der Waals surface area contributed by atoms with Gasteiger partial charge in [-0.3, -0.25) is 4.79 Å². The fourth-order valence-electron chi connectivity index (χ4n) is 3.81.